The number of esters is 1. The SMILES string of the molecule is Cc1[nH]c(C(=O)Nc2ccc(C(=O)NC3CC3)cc2)c(C)c1C(=O)OC(C)C. The first-order chi connectivity index (χ1) is 13.3. The van der Waals surface area contributed by atoms with Gasteiger partial charge in [-0.2, -0.15) is 0 Å². The molecule has 1 aliphatic rings. The average Bonchev–Trinajstić information content (AvgIpc) is 3.37. The summed E-state index contributed by atoms with van der Waals surface area (Å²) in [6.45, 7) is 6.99. The zero-order chi connectivity index (χ0) is 20.4. The molecule has 1 aromatic carbocycles. The van der Waals surface area contributed by atoms with E-state index in [4.69, 9.17) is 4.74 Å². The van der Waals surface area contributed by atoms with Crippen molar-refractivity contribution in [3.63, 3.8) is 0 Å². The van der Waals surface area contributed by atoms with Crippen LogP contribution in [0.1, 0.15) is 69.2 Å². The number of ether oxygens (including phenoxy) is 1. The van der Waals surface area contributed by atoms with Crippen LogP contribution in [0.3, 0.4) is 0 Å². The fraction of sp³-hybridized carbons (Fsp3) is 0.381. The molecule has 2 amide bonds. The van der Waals surface area contributed by atoms with Crippen LogP contribution in [0.25, 0.3) is 0 Å². The summed E-state index contributed by atoms with van der Waals surface area (Å²) in [5.74, 6) is -0.921. The summed E-state index contributed by atoms with van der Waals surface area (Å²) in [6, 6.07) is 7.00. The molecule has 1 heterocycles. The Labute approximate surface area is 163 Å². The second kappa shape index (κ2) is 7.88. The van der Waals surface area contributed by atoms with Crippen LogP contribution < -0.4 is 10.6 Å². The van der Waals surface area contributed by atoms with E-state index in [2.05, 4.69) is 15.6 Å². The molecule has 3 rings (SSSR count). The summed E-state index contributed by atoms with van der Waals surface area (Å²) in [4.78, 5) is 39.9. The van der Waals surface area contributed by atoms with E-state index in [0.29, 0.717) is 39.8 Å². The highest BCUT2D eigenvalue weighted by Gasteiger charge is 2.25. The number of aromatic nitrogens is 1. The van der Waals surface area contributed by atoms with E-state index in [-0.39, 0.29) is 17.9 Å². The number of nitrogens with one attached hydrogen (secondary N) is 3. The van der Waals surface area contributed by atoms with Crippen molar-refractivity contribution in [1.29, 1.82) is 0 Å². The summed E-state index contributed by atoms with van der Waals surface area (Å²) < 4.78 is 5.25. The van der Waals surface area contributed by atoms with Gasteiger partial charge in [0.25, 0.3) is 11.8 Å². The molecule has 0 saturated heterocycles. The number of rotatable bonds is 6. The number of hydrogen-bond donors (Lipinski definition) is 3. The molecule has 1 saturated carbocycles. The Hall–Kier alpha value is -3.09. The maximum atomic E-state index is 12.6. The predicted molar refractivity (Wildman–Crippen MR) is 106 cm³/mol. The van der Waals surface area contributed by atoms with Crippen LogP contribution in [0.15, 0.2) is 24.3 Å². The zero-order valence-corrected chi connectivity index (χ0v) is 16.5. The summed E-state index contributed by atoms with van der Waals surface area (Å²) in [7, 11) is 0. The zero-order valence-electron chi connectivity index (χ0n) is 16.5. The first-order valence-electron chi connectivity index (χ1n) is 9.38. The maximum Gasteiger partial charge on any atom is 0.340 e. The summed E-state index contributed by atoms with van der Waals surface area (Å²) in [5, 5.41) is 5.71. The molecule has 0 unspecified atom stereocenters. The third kappa shape index (κ3) is 4.42. The Kier molecular flexibility index (Phi) is 5.53. The molecule has 3 N–H and O–H groups in total. The van der Waals surface area contributed by atoms with E-state index in [1.807, 2.05) is 0 Å². The largest absolute Gasteiger partial charge is 0.459 e. The summed E-state index contributed by atoms with van der Waals surface area (Å²) in [5.41, 5.74) is 2.93. The molecule has 7 nitrogen and oxygen atoms in total. The number of aromatic amines is 1. The summed E-state index contributed by atoms with van der Waals surface area (Å²) >= 11 is 0. The normalized spacial score (nSPS) is 13.3. The number of H-pyrrole nitrogens is 1. The van der Waals surface area contributed by atoms with Crippen molar-refractivity contribution >= 4 is 23.5 Å². The molecular weight excluding hydrogens is 358 g/mol. The number of carbonyl (C=O) groups excluding carboxylic acids is 3. The molecule has 2 aromatic rings. The Bertz CT molecular complexity index is 908. The lowest BCUT2D eigenvalue weighted by Crippen LogP contribution is -2.25. The van der Waals surface area contributed by atoms with Gasteiger partial charge in [0.1, 0.15) is 5.69 Å². The van der Waals surface area contributed by atoms with Crippen molar-refractivity contribution in [3.05, 3.63) is 52.3 Å². The lowest BCUT2D eigenvalue weighted by molar-refractivity contribution is 0.0376. The Morgan fingerprint density at radius 2 is 1.71 bits per heavy atom. The molecule has 0 aliphatic heterocycles. The third-order valence-electron chi connectivity index (χ3n) is 4.53. The molecule has 7 heteroatoms. The van der Waals surface area contributed by atoms with E-state index >= 15 is 0 Å². The lowest BCUT2D eigenvalue weighted by atomic mass is 10.1. The monoisotopic (exact) mass is 383 g/mol. The highest BCUT2D eigenvalue weighted by molar-refractivity contribution is 6.07. The van der Waals surface area contributed by atoms with E-state index in [1.54, 1.807) is 52.0 Å². The standard InChI is InChI=1S/C21H25N3O4/c1-11(2)28-21(27)17-12(3)18(22-13(17)4)20(26)24-15-7-5-14(6-8-15)19(25)23-16-9-10-16/h5-8,11,16,22H,9-10H2,1-4H3,(H,23,25)(H,24,26). The van der Waals surface area contributed by atoms with E-state index < -0.39 is 5.97 Å². The van der Waals surface area contributed by atoms with Crippen molar-refractivity contribution in [1.82, 2.24) is 10.3 Å². The van der Waals surface area contributed by atoms with E-state index in [9.17, 15) is 14.4 Å². The number of hydrogen-bond acceptors (Lipinski definition) is 4. The van der Waals surface area contributed by atoms with Gasteiger partial charge in [0.05, 0.1) is 11.7 Å². The predicted octanol–water partition coefficient (Wildman–Crippen LogP) is 3.34. The quantitative estimate of drug-likeness (QED) is 0.666. The molecular formula is C21H25N3O4. The minimum Gasteiger partial charge on any atom is -0.459 e. The van der Waals surface area contributed by atoms with Gasteiger partial charge in [0, 0.05) is 23.0 Å². The maximum absolute atomic E-state index is 12.6. The van der Waals surface area contributed by atoms with Gasteiger partial charge < -0.3 is 20.4 Å². The smallest absolute Gasteiger partial charge is 0.340 e. The number of amides is 2. The van der Waals surface area contributed by atoms with Gasteiger partial charge in [-0.25, -0.2) is 4.79 Å². The third-order valence-corrected chi connectivity index (χ3v) is 4.53. The van der Waals surface area contributed by atoms with Crippen molar-refractivity contribution < 1.29 is 19.1 Å². The molecule has 0 atom stereocenters. The first-order valence-corrected chi connectivity index (χ1v) is 9.38. The van der Waals surface area contributed by atoms with Gasteiger partial charge in [-0.1, -0.05) is 0 Å². The molecule has 28 heavy (non-hydrogen) atoms. The molecule has 1 fully saturated rings. The highest BCUT2D eigenvalue weighted by atomic mass is 16.5. The first kappa shape index (κ1) is 19.7. The number of benzene rings is 1. The van der Waals surface area contributed by atoms with Gasteiger partial charge in [-0.15, -0.1) is 0 Å². The second-order valence-corrected chi connectivity index (χ2v) is 7.36. The van der Waals surface area contributed by atoms with Crippen LogP contribution in [0.2, 0.25) is 0 Å². The Morgan fingerprint density at radius 1 is 1.07 bits per heavy atom. The van der Waals surface area contributed by atoms with Crippen molar-refractivity contribution in [3.8, 4) is 0 Å². The van der Waals surface area contributed by atoms with Gasteiger partial charge in [0.15, 0.2) is 0 Å². The van der Waals surface area contributed by atoms with E-state index in [0.717, 1.165) is 12.8 Å². The Morgan fingerprint density at radius 3 is 2.29 bits per heavy atom. The van der Waals surface area contributed by atoms with Crippen LogP contribution in [0.5, 0.6) is 0 Å². The van der Waals surface area contributed by atoms with Gasteiger partial charge in [-0.3, -0.25) is 9.59 Å². The highest BCUT2D eigenvalue weighted by Crippen LogP contribution is 2.22. The molecule has 0 spiro atoms. The molecule has 148 valence electrons. The molecule has 1 aliphatic carbocycles. The van der Waals surface area contributed by atoms with Crippen LogP contribution in [-0.2, 0) is 4.74 Å². The minimum absolute atomic E-state index is 0.107. The van der Waals surface area contributed by atoms with Gasteiger partial charge >= 0.3 is 5.97 Å². The van der Waals surface area contributed by atoms with Gasteiger partial charge in [0.2, 0.25) is 0 Å². The fourth-order valence-corrected chi connectivity index (χ4v) is 2.95. The van der Waals surface area contributed by atoms with Crippen molar-refractivity contribution in [2.45, 2.75) is 52.7 Å². The second-order valence-electron chi connectivity index (χ2n) is 7.36. The molecule has 0 bridgehead atoms. The number of aryl methyl sites for hydroxylation is 1. The van der Waals surface area contributed by atoms with Crippen LogP contribution in [0, 0.1) is 13.8 Å². The average molecular weight is 383 g/mol. The van der Waals surface area contributed by atoms with Crippen LogP contribution in [0.4, 0.5) is 5.69 Å². The molecule has 0 radical (unpaired) electrons. The number of carbonyl (C=O) groups is 3. The fourth-order valence-electron chi connectivity index (χ4n) is 2.95. The van der Waals surface area contributed by atoms with Crippen LogP contribution in [-0.4, -0.2) is 34.9 Å². The topological polar surface area (TPSA) is 100 Å². The molecule has 1 aromatic heterocycles. The van der Waals surface area contributed by atoms with E-state index in [1.165, 1.54) is 0 Å². The minimum atomic E-state index is -0.452. The Balaban J connectivity index is 1.70. The lowest BCUT2D eigenvalue weighted by Gasteiger charge is -2.09. The van der Waals surface area contributed by atoms with Crippen LogP contribution >= 0.6 is 0 Å². The summed E-state index contributed by atoms with van der Waals surface area (Å²) in [6.07, 6.45) is 1.82. The van der Waals surface area contributed by atoms with Crippen molar-refractivity contribution in [2.75, 3.05) is 5.32 Å². The van der Waals surface area contributed by atoms with Crippen molar-refractivity contribution in [2.24, 2.45) is 0 Å². The number of anilines is 1. The van der Waals surface area contributed by atoms with Gasteiger partial charge in [-0.05, 0) is 70.4 Å².